The van der Waals surface area contributed by atoms with Gasteiger partial charge in [0.15, 0.2) is 0 Å². The van der Waals surface area contributed by atoms with E-state index in [0.717, 1.165) is 19.0 Å². The third-order valence-corrected chi connectivity index (χ3v) is 3.91. The first-order chi connectivity index (χ1) is 6.12. The lowest BCUT2D eigenvalue weighted by Gasteiger charge is -2.39. The van der Waals surface area contributed by atoms with Crippen LogP contribution in [0.25, 0.3) is 0 Å². The molecule has 0 spiro atoms. The van der Waals surface area contributed by atoms with Crippen molar-refractivity contribution in [2.45, 2.75) is 39.5 Å². The monoisotopic (exact) mass is 181 g/mol. The molecular weight excluding hydrogens is 162 g/mol. The molecule has 0 unspecified atom stereocenters. The molecule has 0 aromatic carbocycles. The second-order valence-corrected chi connectivity index (χ2v) is 4.93. The maximum atomic E-state index is 11.1. The molecule has 0 aromatic heterocycles. The fourth-order valence-corrected chi connectivity index (χ4v) is 2.52. The molecule has 0 bridgehead atoms. The summed E-state index contributed by atoms with van der Waals surface area (Å²) in [5, 5.41) is 0. The predicted molar refractivity (Wildman–Crippen MR) is 52.3 cm³/mol. The molecule has 0 aromatic rings. The van der Waals surface area contributed by atoms with Crippen LogP contribution in [0.4, 0.5) is 0 Å². The Kier molecular flexibility index (Phi) is 2.09. The maximum Gasteiger partial charge on any atom is 0.219 e. The zero-order chi connectivity index (χ0) is 9.47. The first-order valence-corrected chi connectivity index (χ1v) is 5.37. The van der Waals surface area contributed by atoms with E-state index in [1.54, 1.807) is 6.92 Å². The Bertz CT molecular complexity index is 212. The molecule has 2 aliphatic rings. The van der Waals surface area contributed by atoms with Gasteiger partial charge in [-0.1, -0.05) is 6.92 Å². The van der Waals surface area contributed by atoms with Gasteiger partial charge in [-0.05, 0) is 37.0 Å². The number of carbonyl (C=O) groups excluding carboxylic acids is 1. The molecule has 0 radical (unpaired) electrons. The lowest BCUT2D eigenvalue weighted by atomic mass is 9.76. The van der Waals surface area contributed by atoms with Gasteiger partial charge in [-0.25, -0.2) is 0 Å². The maximum absolute atomic E-state index is 11.1. The van der Waals surface area contributed by atoms with E-state index in [9.17, 15) is 4.79 Å². The summed E-state index contributed by atoms with van der Waals surface area (Å²) in [6, 6.07) is 0. The molecule has 13 heavy (non-hydrogen) atoms. The largest absolute Gasteiger partial charge is 0.343 e. The van der Waals surface area contributed by atoms with Crippen molar-refractivity contribution in [2.24, 2.45) is 11.3 Å². The molecule has 2 rings (SSSR count). The van der Waals surface area contributed by atoms with E-state index >= 15 is 0 Å². The molecule has 1 saturated heterocycles. The highest BCUT2D eigenvalue weighted by Gasteiger charge is 2.43. The molecule has 1 aliphatic heterocycles. The lowest BCUT2D eigenvalue weighted by molar-refractivity contribution is -0.131. The summed E-state index contributed by atoms with van der Waals surface area (Å²) in [5.41, 5.74) is 0.561. The molecule has 0 N–H and O–H groups in total. The Morgan fingerprint density at radius 1 is 1.31 bits per heavy atom. The fraction of sp³-hybridized carbons (Fsp3) is 0.909. The van der Waals surface area contributed by atoms with Crippen molar-refractivity contribution >= 4 is 5.91 Å². The average Bonchev–Trinajstić information content (AvgIpc) is 2.87. The molecule has 2 nitrogen and oxygen atoms in total. The Morgan fingerprint density at radius 3 is 2.23 bits per heavy atom. The smallest absolute Gasteiger partial charge is 0.219 e. The van der Waals surface area contributed by atoms with Crippen molar-refractivity contribution in [2.75, 3.05) is 13.1 Å². The molecule has 74 valence electrons. The quantitative estimate of drug-likeness (QED) is 0.606. The zero-order valence-corrected chi connectivity index (χ0v) is 8.68. The Hall–Kier alpha value is -0.530. The van der Waals surface area contributed by atoms with E-state index < -0.39 is 0 Å². The summed E-state index contributed by atoms with van der Waals surface area (Å²) in [5.74, 6) is 1.22. The number of hydrogen-bond donors (Lipinski definition) is 0. The van der Waals surface area contributed by atoms with Crippen molar-refractivity contribution in [3.05, 3.63) is 0 Å². The highest BCUT2D eigenvalue weighted by Crippen LogP contribution is 2.51. The zero-order valence-electron chi connectivity index (χ0n) is 8.68. The summed E-state index contributed by atoms with van der Waals surface area (Å²) in [4.78, 5) is 13.1. The molecule has 2 heteroatoms. The Labute approximate surface area is 80.3 Å². The van der Waals surface area contributed by atoms with Crippen molar-refractivity contribution in [3.63, 3.8) is 0 Å². The average molecular weight is 181 g/mol. The van der Waals surface area contributed by atoms with Crippen LogP contribution >= 0.6 is 0 Å². The molecule has 2 fully saturated rings. The van der Waals surface area contributed by atoms with Crippen LogP contribution in [0.1, 0.15) is 39.5 Å². The number of rotatable bonds is 1. The van der Waals surface area contributed by atoms with Crippen LogP contribution in [-0.2, 0) is 4.79 Å². The van der Waals surface area contributed by atoms with Gasteiger partial charge in [0, 0.05) is 20.0 Å². The number of piperidine rings is 1. The van der Waals surface area contributed by atoms with Gasteiger partial charge < -0.3 is 4.90 Å². The minimum absolute atomic E-state index is 0.248. The standard InChI is InChI=1S/C11H19NO/c1-9(13)12-7-5-11(2,6-8-12)10-3-4-10/h10H,3-8H2,1-2H3. The van der Waals surface area contributed by atoms with Gasteiger partial charge in [-0.2, -0.15) is 0 Å². The summed E-state index contributed by atoms with van der Waals surface area (Å²) >= 11 is 0. The molecule has 0 atom stereocenters. The highest BCUT2D eigenvalue weighted by atomic mass is 16.2. The van der Waals surface area contributed by atoms with Crippen molar-refractivity contribution < 1.29 is 4.79 Å². The van der Waals surface area contributed by atoms with Gasteiger partial charge in [-0.15, -0.1) is 0 Å². The van der Waals surface area contributed by atoms with Crippen LogP contribution in [0.3, 0.4) is 0 Å². The highest BCUT2D eigenvalue weighted by molar-refractivity contribution is 5.73. The lowest BCUT2D eigenvalue weighted by Crippen LogP contribution is -2.41. The van der Waals surface area contributed by atoms with E-state index in [4.69, 9.17) is 0 Å². The van der Waals surface area contributed by atoms with Gasteiger partial charge in [-0.3, -0.25) is 4.79 Å². The molecule has 1 aliphatic carbocycles. The fourth-order valence-electron chi connectivity index (χ4n) is 2.52. The molecular formula is C11H19NO. The summed E-state index contributed by atoms with van der Waals surface area (Å²) < 4.78 is 0. The van der Waals surface area contributed by atoms with Crippen LogP contribution in [0.2, 0.25) is 0 Å². The second-order valence-electron chi connectivity index (χ2n) is 4.93. The van der Waals surface area contributed by atoms with Crippen LogP contribution in [0, 0.1) is 11.3 Å². The van der Waals surface area contributed by atoms with E-state index in [1.807, 2.05) is 4.90 Å². The van der Waals surface area contributed by atoms with E-state index in [1.165, 1.54) is 25.7 Å². The summed E-state index contributed by atoms with van der Waals surface area (Å²) in [6.45, 7) is 6.06. The van der Waals surface area contributed by atoms with Gasteiger partial charge >= 0.3 is 0 Å². The molecule has 1 heterocycles. The number of hydrogen-bond acceptors (Lipinski definition) is 1. The van der Waals surface area contributed by atoms with Gasteiger partial charge in [0.05, 0.1) is 0 Å². The van der Waals surface area contributed by atoms with Crippen LogP contribution in [0.5, 0.6) is 0 Å². The first kappa shape index (κ1) is 9.04. The van der Waals surface area contributed by atoms with Gasteiger partial charge in [0.2, 0.25) is 5.91 Å². The minimum atomic E-state index is 0.248. The first-order valence-electron chi connectivity index (χ1n) is 5.37. The molecule has 1 amide bonds. The van der Waals surface area contributed by atoms with Gasteiger partial charge in [0.25, 0.3) is 0 Å². The third-order valence-electron chi connectivity index (χ3n) is 3.91. The SMILES string of the molecule is CC(=O)N1CCC(C)(C2CC2)CC1. The van der Waals surface area contributed by atoms with Crippen molar-refractivity contribution in [3.8, 4) is 0 Å². The number of carbonyl (C=O) groups is 1. The number of nitrogens with zero attached hydrogens (tertiary/aromatic N) is 1. The Balaban J connectivity index is 1.91. The van der Waals surface area contributed by atoms with E-state index in [2.05, 4.69) is 6.92 Å². The third kappa shape index (κ3) is 1.72. The Morgan fingerprint density at radius 2 is 1.85 bits per heavy atom. The molecule has 1 saturated carbocycles. The minimum Gasteiger partial charge on any atom is -0.343 e. The van der Waals surface area contributed by atoms with Gasteiger partial charge in [0.1, 0.15) is 0 Å². The summed E-state index contributed by atoms with van der Waals surface area (Å²) in [6.07, 6.45) is 5.29. The van der Waals surface area contributed by atoms with Crippen LogP contribution in [-0.4, -0.2) is 23.9 Å². The van der Waals surface area contributed by atoms with Crippen LogP contribution < -0.4 is 0 Å². The normalized spacial score (nSPS) is 27.4. The topological polar surface area (TPSA) is 20.3 Å². The van der Waals surface area contributed by atoms with E-state index in [0.29, 0.717) is 5.41 Å². The second kappa shape index (κ2) is 3.00. The summed E-state index contributed by atoms with van der Waals surface area (Å²) in [7, 11) is 0. The van der Waals surface area contributed by atoms with E-state index in [-0.39, 0.29) is 5.91 Å². The number of amides is 1. The van der Waals surface area contributed by atoms with Crippen molar-refractivity contribution in [1.82, 2.24) is 4.90 Å². The van der Waals surface area contributed by atoms with Crippen molar-refractivity contribution in [1.29, 1.82) is 0 Å². The number of likely N-dealkylation sites (tertiary alicyclic amines) is 1. The predicted octanol–water partition coefficient (Wildman–Crippen LogP) is 2.04. The van der Waals surface area contributed by atoms with Crippen LogP contribution in [0.15, 0.2) is 0 Å².